The van der Waals surface area contributed by atoms with Crippen molar-refractivity contribution in [2.24, 2.45) is 0 Å². The molecule has 25 heavy (non-hydrogen) atoms. The van der Waals surface area contributed by atoms with Gasteiger partial charge in [0, 0.05) is 22.1 Å². The van der Waals surface area contributed by atoms with Gasteiger partial charge in [0.15, 0.2) is 0 Å². The second-order valence-electron chi connectivity index (χ2n) is 5.63. The minimum Gasteiger partial charge on any atom is -0.348 e. The third-order valence-corrected chi connectivity index (χ3v) is 5.94. The van der Waals surface area contributed by atoms with Gasteiger partial charge >= 0.3 is 0 Å². The number of carbonyl (C=O) groups excluding carboxylic acids is 1. The number of nitrogens with one attached hydrogen (secondary N) is 1. The molecule has 0 spiro atoms. The summed E-state index contributed by atoms with van der Waals surface area (Å²) < 4.78 is 13.3. The summed E-state index contributed by atoms with van der Waals surface area (Å²) in [6.45, 7) is 2.10. The number of thioether (sulfide) groups is 1. The molecular weight excluding hydrogens is 353 g/mol. The monoisotopic (exact) mass is 371 g/mol. The van der Waals surface area contributed by atoms with Gasteiger partial charge in [0.05, 0.1) is 5.56 Å². The van der Waals surface area contributed by atoms with Crippen molar-refractivity contribution in [3.63, 3.8) is 0 Å². The van der Waals surface area contributed by atoms with Gasteiger partial charge in [-0.25, -0.2) is 4.39 Å². The lowest BCUT2D eigenvalue weighted by atomic mass is 10.1. The van der Waals surface area contributed by atoms with Crippen LogP contribution in [-0.2, 0) is 12.3 Å². The van der Waals surface area contributed by atoms with E-state index in [-0.39, 0.29) is 11.7 Å². The summed E-state index contributed by atoms with van der Waals surface area (Å²) in [5, 5.41) is 4.98. The maximum Gasteiger partial charge on any atom is 0.252 e. The molecule has 0 unspecified atom stereocenters. The number of benzene rings is 2. The number of halogens is 1. The van der Waals surface area contributed by atoms with Gasteiger partial charge in [-0.15, -0.1) is 23.1 Å². The van der Waals surface area contributed by atoms with E-state index in [1.807, 2.05) is 30.3 Å². The highest BCUT2D eigenvalue weighted by molar-refractivity contribution is 7.98. The fourth-order valence-corrected chi connectivity index (χ4v) is 4.24. The van der Waals surface area contributed by atoms with Crippen LogP contribution < -0.4 is 5.32 Å². The lowest BCUT2D eigenvalue weighted by Gasteiger charge is -2.10. The summed E-state index contributed by atoms with van der Waals surface area (Å²) in [4.78, 5) is 14.8. The molecule has 5 heteroatoms. The summed E-state index contributed by atoms with van der Waals surface area (Å²) in [7, 11) is 0. The zero-order valence-electron chi connectivity index (χ0n) is 13.8. The quantitative estimate of drug-likeness (QED) is 0.586. The molecule has 1 aromatic heterocycles. The Morgan fingerprint density at radius 2 is 2.00 bits per heavy atom. The van der Waals surface area contributed by atoms with Gasteiger partial charge in [-0.3, -0.25) is 4.79 Å². The molecule has 0 atom stereocenters. The van der Waals surface area contributed by atoms with Crippen molar-refractivity contribution in [3.05, 3.63) is 87.4 Å². The second-order valence-corrected chi connectivity index (χ2v) is 7.68. The van der Waals surface area contributed by atoms with Crippen molar-refractivity contribution < 1.29 is 9.18 Å². The molecule has 1 heterocycles. The largest absolute Gasteiger partial charge is 0.348 e. The number of aryl methyl sites for hydroxylation is 1. The molecule has 0 saturated carbocycles. The Kier molecular flexibility index (Phi) is 5.89. The lowest BCUT2D eigenvalue weighted by molar-refractivity contribution is 0.0948. The van der Waals surface area contributed by atoms with E-state index in [0.717, 1.165) is 16.2 Å². The van der Waals surface area contributed by atoms with Crippen molar-refractivity contribution in [2.45, 2.75) is 24.1 Å². The van der Waals surface area contributed by atoms with Gasteiger partial charge in [-0.1, -0.05) is 30.3 Å². The van der Waals surface area contributed by atoms with Crippen LogP contribution in [0.3, 0.4) is 0 Å². The minimum atomic E-state index is -0.231. The molecule has 0 aliphatic heterocycles. The third kappa shape index (κ3) is 4.71. The number of hydrogen-bond acceptors (Lipinski definition) is 3. The van der Waals surface area contributed by atoms with E-state index >= 15 is 0 Å². The van der Waals surface area contributed by atoms with Gasteiger partial charge in [0.2, 0.25) is 0 Å². The van der Waals surface area contributed by atoms with Crippen molar-refractivity contribution >= 4 is 29.0 Å². The fourth-order valence-electron chi connectivity index (χ4n) is 2.42. The van der Waals surface area contributed by atoms with Crippen molar-refractivity contribution in [1.82, 2.24) is 5.32 Å². The van der Waals surface area contributed by atoms with Gasteiger partial charge in [0.1, 0.15) is 5.82 Å². The molecular formula is C20H18FNOS2. The van der Waals surface area contributed by atoms with E-state index in [4.69, 9.17) is 0 Å². The molecule has 0 aliphatic rings. The lowest BCUT2D eigenvalue weighted by Crippen LogP contribution is -2.23. The first-order chi connectivity index (χ1) is 12.1. The van der Waals surface area contributed by atoms with Crippen molar-refractivity contribution in [1.29, 1.82) is 0 Å². The fraction of sp³-hybridized carbons (Fsp3) is 0.150. The molecule has 0 bridgehead atoms. The predicted molar refractivity (Wildman–Crippen MR) is 103 cm³/mol. The van der Waals surface area contributed by atoms with Crippen LogP contribution in [0.5, 0.6) is 0 Å². The maximum atomic E-state index is 13.3. The van der Waals surface area contributed by atoms with E-state index in [0.29, 0.717) is 17.7 Å². The van der Waals surface area contributed by atoms with Gasteiger partial charge in [-0.05, 0) is 47.7 Å². The normalized spacial score (nSPS) is 10.6. The van der Waals surface area contributed by atoms with Gasteiger partial charge in [0.25, 0.3) is 5.91 Å². The molecule has 0 aliphatic carbocycles. The molecule has 0 saturated heterocycles. The van der Waals surface area contributed by atoms with Crippen molar-refractivity contribution in [2.75, 3.05) is 0 Å². The Labute approximate surface area is 155 Å². The number of rotatable bonds is 6. The van der Waals surface area contributed by atoms with Crippen LogP contribution in [0.2, 0.25) is 0 Å². The molecule has 2 nitrogen and oxygen atoms in total. The van der Waals surface area contributed by atoms with Crippen LogP contribution in [0.15, 0.2) is 64.9 Å². The Bertz CT molecular complexity index is 862. The minimum absolute atomic E-state index is 0.115. The van der Waals surface area contributed by atoms with E-state index < -0.39 is 0 Å². The Hall–Kier alpha value is -2.11. The first kappa shape index (κ1) is 17.7. The summed E-state index contributed by atoms with van der Waals surface area (Å²) >= 11 is 3.37. The number of hydrogen-bond donors (Lipinski definition) is 1. The van der Waals surface area contributed by atoms with Crippen LogP contribution in [-0.4, -0.2) is 5.91 Å². The molecule has 128 valence electrons. The molecule has 0 fully saturated rings. The van der Waals surface area contributed by atoms with Crippen LogP contribution >= 0.6 is 23.1 Å². The first-order valence-corrected chi connectivity index (χ1v) is 9.77. The number of amides is 1. The van der Waals surface area contributed by atoms with Crippen LogP contribution in [0.25, 0.3) is 0 Å². The Morgan fingerprint density at radius 1 is 1.16 bits per heavy atom. The van der Waals surface area contributed by atoms with E-state index in [1.54, 1.807) is 42.2 Å². The topological polar surface area (TPSA) is 29.1 Å². The summed E-state index contributed by atoms with van der Waals surface area (Å²) in [6.07, 6.45) is 0. The number of thiophene rings is 1. The highest BCUT2D eigenvalue weighted by Gasteiger charge is 2.11. The zero-order valence-corrected chi connectivity index (χ0v) is 15.4. The standard InChI is InChI=1S/C20H18FNOS2/c1-14-11-15(8-9-18(14)21)12-22-20(23)17-6-2-3-7-19(17)25-13-16-5-4-10-24-16/h2-11H,12-13H2,1H3,(H,22,23). The molecule has 2 aromatic carbocycles. The molecule has 3 rings (SSSR count). The SMILES string of the molecule is Cc1cc(CNC(=O)c2ccccc2SCc2cccs2)ccc1F. The molecule has 1 N–H and O–H groups in total. The predicted octanol–water partition coefficient (Wildman–Crippen LogP) is 5.42. The highest BCUT2D eigenvalue weighted by Crippen LogP contribution is 2.28. The summed E-state index contributed by atoms with van der Waals surface area (Å²) in [5.74, 6) is 0.501. The Balaban J connectivity index is 1.66. The van der Waals surface area contributed by atoms with Gasteiger partial charge in [-0.2, -0.15) is 0 Å². The van der Waals surface area contributed by atoms with E-state index in [1.165, 1.54) is 10.9 Å². The maximum absolute atomic E-state index is 13.3. The van der Waals surface area contributed by atoms with Crippen LogP contribution in [0.1, 0.15) is 26.4 Å². The van der Waals surface area contributed by atoms with Crippen LogP contribution in [0.4, 0.5) is 4.39 Å². The van der Waals surface area contributed by atoms with E-state index in [9.17, 15) is 9.18 Å². The molecule has 3 aromatic rings. The van der Waals surface area contributed by atoms with Crippen LogP contribution in [0, 0.1) is 12.7 Å². The zero-order chi connectivity index (χ0) is 17.6. The molecule has 0 radical (unpaired) electrons. The molecule has 1 amide bonds. The first-order valence-electron chi connectivity index (χ1n) is 7.91. The van der Waals surface area contributed by atoms with Gasteiger partial charge < -0.3 is 5.32 Å². The second kappa shape index (κ2) is 8.32. The average molecular weight is 372 g/mol. The smallest absolute Gasteiger partial charge is 0.252 e. The van der Waals surface area contributed by atoms with E-state index in [2.05, 4.69) is 16.8 Å². The van der Waals surface area contributed by atoms with Crippen molar-refractivity contribution in [3.8, 4) is 0 Å². The average Bonchev–Trinajstić information content (AvgIpc) is 3.14. The Morgan fingerprint density at radius 3 is 2.76 bits per heavy atom. The highest BCUT2D eigenvalue weighted by atomic mass is 32.2. The number of carbonyl (C=O) groups is 1. The summed E-state index contributed by atoms with van der Waals surface area (Å²) in [5.41, 5.74) is 2.14. The third-order valence-electron chi connectivity index (χ3n) is 3.76. The summed E-state index contributed by atoms with van der Waals surface area (Å²) in [6, 6.07) is 16.6.